The maximum atomic E-state index is 13.3. The molecule has 0 atom stereocenters. The van der Waals surface area contributed by atoms with Gasteiger partial charge in [-0.25, -0.2) is 9.07 Å². The number of carbonyl (C=O) groups excluding carboxylic acids is 2. The number of halogens is 1. The SMILES string of the molecule is Cc1c(NC(=O)c2cccc(NC(=O)/C=C/c3cccc(F)c3)c2)c(=O)n(-c2ccccc2)n1C. The molecule has 35 heavy (non-hydrogen) atoms. The van der Waals surface area contributed by atoms with Crippen LogP contribution in [0, 0.1) is 12.7 Å². The van der Waals surface area contributed by atoms with E-state index in [4.69, 9.17) is 0 Å². The lowest BCUT2D eigenvalue weighted by molar-refractivity contribution is -0.111. The van der Waals surface area contributed by atoms with Crippen LogP contribution < -0.4 is 16.2 Å². The summed E-state index contributed by atoms with van der Waals surface area (Å²) in [5.74, 6) is -1.31. The van der Waals surface area contributed by atoms with Crippen molar-refractivity contribution in [1.29, 1.82) is 0 Å². The monoisotopic (exact) mass is 470 g/mol. The molecule has 1 heterocycles. The van der Waals surface area contributed by atoms with Crippen LogP contribution in [0.4, 0.5) is 15.8 Å². The predicted octanol–water partition coefficient (Wildman–Crippen LogP) is 4.53. The Balaban J connectivity index is 1.50. The van der Waals surface area contributed by atoms with E-state index in [9.17, 15) is 18.8 Å². The van der Waals surface area contributed by atoms with E-state index in [-0.39, 0.29) is 16.8 Å². The van der Waals surface area contributed by atoms with E-state index >= 15 is 0 Å². The highest BCUT2D eigenvalue weighted by Gasteiger charge is 2.19. The number of nitrogens with zero attached hydrogens (tertiary/aromatic N) is 2. The maximum Gasteiger partial charge on any atom is 0.295 e. The number of hydrogen-bond donors (Lipinski definition) is 2. The molecule has 0 unspecified atom stereocenters. The van der Waals surface area contributed by atoms with Crippen LogP contribution in [-0.4, -0.2) is 21.2 Å². The van der Waals surface area contributed by atoms with Crippen LogP contribution in [0.2, 0.25) is 0 Å². The van der Waals surface area contributed by atoms with Gasteiger partial charge in [0.05, 0.1) is 11.4 Å². The average molecular weight is 471 g/mol. The third-order valence-electron chi connectivity index (χ3n) is 5.46. The molecular formula is C27H23FN4O3. The highest BCUT2D eigenvalue weighted by atomic mass is 19.1. The molecule has 4 rings (SSSR count). The Kier molecular flexibility index (Phi) is 6.73. The lowest BCUT2D eigenvalue weighted by Crippen LogP contribution is -2.23. The van der Waals surface area contributed by atoms with Crippen LogP contribution in [0.1, 0.15) is 21.6 Å². The molecule has 176 valence electrons. The van der Waals surface area contributed by atoms with Crippen molar-refractivity contribution in [3.8, 4) is 5.69 Å². The van der Waals surface area contributed by atoms with E-state index in [1.54, 1.807) is 61.1 Å². The third kappa shape index (κ3) is 5.27. The van der Waals surface area contributed by atoms with E-state index < -0.39 is 17.6 Å². The Morgan fingerprint density at radius 1 is 0.914 bits per heavy atom. The van der Waals surface area contributed by atoms with Crippen LogP contribution in [-0.2, 0) is 11.8 Å². The van der Waals surface area contributed by atoms with Gasteiger partial charge in [0.15, 0.2) is 0 Å². The van der Waals surface area contributed by atoms with E-state index in [1.807, 2.05) is 18.2 Å². The number of amides is 2. The van der Waals surface area contributed by atoms with Crippen molar-refractivity contribution in [2.75, 3.05) is 10.6 Å². The molecule has 7 nitrogen and oxygen atoms in total. The molecule has 0 spiro atoms. The minimum atomic E-state index is -0.484. The molecule has 1 aromatic heterocycles. The second-order valence-electron chi connectivity index (χ2n) is 7.85. The van der Waals surface area contributed by atoms with Gasteiger partial charge >= 0.3 is 0 Å². The molecule has 2 amide bonds. The molecule has 0 bridgehead atoms. The number of benzene rings is 3. The van der Waals surface area contributed by atoms with Gasteiger partial charge in [-0.05, 0) is 61.0 Å². The second kappa shape index (κ2) is 10.0. The van der Waals surface area contributed by atoms with Gasteiger partial charge < -0.3 is 10.6 Å². The number of hydrogen-bond acceptors (Lipinski definition) is 3. The quantitative estimate of drug-likeness (QED) is 0.406. The van der Waals surface area contributed by atoms with Crippen molar-refractivity contribution in [3.63, 3.8) is 0 Å². The first kappa shape index (κ1) is 23.4. The number of anilines is 2. The lowest BCUT2D eigenvalue weighted by Gasteiger charge is -2.07. The molecular weight excluding hydrogens is 447 g/mol. The van der Waals surface area contributed by atoms with E-state index in [0.717, 1.165) is 0 Å². The smallest absolute Gasteiger partial charge is 0.295 e. The molecule has 0 radical (unpaired) electrons. The largest absolute Gasteiger partial charge is 0.322 e. The fourth-order valence-corrected chi connectivity index (χ4v) is 3.60. The Morgan fingerprint density at radius 3 is 2.40 bits per heavy atom. The van der Waals surface area contributed by atoms with E-state index in [1.165, 1.54) is 35.0 Å². The second-order valence-corrected chi connectivity index (χ2v) is 7.85. The zero-order valence-corrected chi connectivity index (χ0v) is 19.2. The lowest BCUT2D eigenvalue weighted by atomic mass is 10.1. The minimum absolute atomic E-state index is 0.175. The number of nitrogens with one attached hydrogen (secondary N) is 2. The molecule has 0 aliphatic heterocycles. The summed E-state index contributed by atoms with van der Waals surface area (Å²) in [6, 6.07) is 21.4. The molecule has 0 aliphatic rings. The maximum absolute atomic E-state index is 13.3. The van der Waals surface area contributed by atoms with Crippen molar-refractivity contribution in [2.45, 2.75) is 6.92 Å². The molecule has 8 heteroatoms. The summed E-state index contributed by atoms with van der Waals surface area (Å²) in [7, 11) is 1.74. The first-order valence-corrected chi connectivity index (χ1v) is 10.8. The van der Waals surface area contributed by atoms with Crippen LogP contribution in [0.3, 0.4) is 0 Å². The summed E-state index contributed by atoms with van der Waals surface area (Å²) >= 11 is 0. The Bertz CT molecular complexity index is 1490. The number of para-hydroxylation sites is 1. The molecule has 0 aliphatic carbocycles. The van der Waals surface area contributed by atoms with Crippen molar-refractivity contribution in [3.05, 3.63) is 118 Å². The van der Waals surface area contributed by atoms with Crippen molar-refractivity contribution in [1.82, 2.24) is 9.36 Å². The van der Waals surface area contributed by atoms with E-state index in [2.05, 4.69) is 10.6 Å². The van der Waals surface area contributed by atoms with Gasteiger partial charge in [0.25, 0.3) is 11.5 Å². The Morgan fingerprint density at radius 2 is 1.66 bits per heavy atom. The summed E-state index contributed by atoms with van der Waals surface area (Å²) in [6.07, 6.45) is 2.77. The van der Waals surface area contributed by atoms with Gasteiger partial charge in [-0.15, -0.1) is 0 Å². The predicted molar refractivity (Wildman–Crippen MR) is 134 cm³/mol. The summed E-state index contributed by atoms with van der Waals surface area (Å²) < 4.78 is 16.4. The van der Waals surface area contributed by atoms with E-state index in [0.29, 0.717) is 22.6 Å². The van der Waals surface area contributed by atoms with Crippen LogP contribution in [0.5, 0.6) is 0 Å². The summed E-state index contributed by atoms with van der Waals surface area (Å²) in [5.41, 5.74) is 2.32. The molecule has 3 aromatic carbocycles. The first-order chi connectivity index (χ1) is 16.8. The number of carbonyl (C=O) groups is 2. The fourth-order valence-electron chi connectivity index (χ4n) is 3.60. The molecule has 0 saturated heterocycles. The normalized spacial score (nSPS) is 10.9. The average Bonchev–Trinajstić information content (AvgIpc) is 3.06. The van der Waals surface area contributed by atoms with Crippen LogP contribution in [0.15, 0.2) is 89.7 Å². The molecule has 0 saturated carbocycles. The van der Waals surface area contributed by atoms with Crippen LogP contribution in [0.25, 0.3) is 11.8 Å². The highest BCUT2D eigenvalue weighted by molar-refractivity contribution is 6.06. The molecule has 2 N–H and O–H groups in total. The first-order valence-electron chi connectivity index (χ1n) is 10.8. The standard InChI is InChI=1S/C27H23FN4O3/c1-18-25(27(35)32(31(18)2)23-12-4-3-5-13-23)30-26(34)20-9-7-11-22(17-20)29-24(33)15-14-19-8-6-10-21(28)16-19/h3-17H,1-2H3,(H,29,33)(H,30,34)/b15-14+. The zero-order valence-electron chi connectivity index (χ0n) is 19.2. The van der Waals surface area contributed by atoms with Gasteiger partial charge in [-0.3, -0.25) is 19.1 Å². The third-order valence-corrected chi connectivity index (χ3v) is 5.46. The Labute approximate surface area is 201 Å². The topological polar surface area (TPSA) is 85.1 Å². The summed E-state index contributed by atoms with van der Waals surface area (Å²) in [5, 5.41) is 5.38. The van der Waals surface area contributed by atoms with Gasteiger partial charge in [0.2, 0.25) is 5.91 Å². The van der Waals surface area contributed by atoms with Gasteiger partial charge in [0, 0.05) is 24.4 Å². The molecule has 4 aromatic rings. The van der Waals surface area contributed by atoms with Gasteiger partial charge in [0.1, 0.15) is 11.5 Å². The van der Waals surface area contributed by atoms with Crippen molar-refractivity contribution in [2.24, 2.45) is 7.05 Å². The van der Waals surface area contributed by atoms with Crippen molar-refractivity contribution >= 4 is 29.3 Å². The Hall–Kier alpha value is -4.72. The fraction of sp³-hybridized carbons (Fsp3) is 0.0741. The number of aromatic nitrogens is 2. The number of rotatable bonds is 6. The van der Waals surface area contributed by atoms with Gasteiger partial charge in [-0.1, -0.05) is 36.4 Å². The summed E-state index contributed by atoms with van der Waals surface area (Å²) in [4.78, 5) is 38.2. The van der Waals surface area contributed by atoms with Crippen LogP contribution >= 0.6 is 0 Å². The minimum Gasteiger partial charge on any atom is -0.322 e. The van der Waals surface area contributed by atoms with Crippen molar-refractivity contribution < 1.29 is 14.0 Å². The molecule has 0 fully saturated rings. The highest BCUT2D eigenvalue weighted by Crippen LogP contribution is 2.17. The zero-order chi connectivity index (χ0) is 24.9. The van der Waals surface area contributed by atoms with Gasteiger partial charge in [-0.2, -0.15) is 0 Å². The summed E-state index contributed by atoms with van der Waals surface area (Å²) in [6.45, 7) is 1.75.